The number of hydrogen-bond donors (Lipinski definition) is 1. The van der Waals surface area contributed by atoms with Gasteiger partial charge in [-0.3, -0.25) is 9.59 Å². The second-order valence-electron chi connectivity index (χ2n) is 4.51. The summed E-state index contributed by atoms with van der Waals surface area (Å²) in [5, 5.41) is 2.53. The molecule has 0 spiro atoms. The number of nitrogens with zero attached hydrogens (tertiary/aromatic N) is 3. The molecule has 0 bridgehead atoms. The van der Waals surface area contributed by atoms with Crippen molar-refractivity contribution in [2.75, 3.05) is 20.1 Å². The summed E-state index contributed by atoms with van der Waals surface area (Å²) in [6.07, 6.45) is 3.42. The summed E-state index contributed by atoms with van der Waals surface area (Å²) in [6.45, 7) is 4.27. The lowest BCUT2D eigenvalue weighted by Gasteiger charge is -2.21. The molecule has 0 aromatic carbocycles. The van der Waals surface area contributed by atoms with Gasteiger partial charge in [0.1, 0.15) is 0 Å². The predicted octanol–water partition coefficient (Wildman–Crippen LogP) is 0.851. The highest BCUT2D eigenvalue weighted by Crippen LogP contribution is 2.14. The third-order valence-electron chi connectivity index (χ3n) is 3.35. The zero-order valence-electron chi connectivity index (χ0n) is 11.9. The van der Waals surface area contributed by atoms with Crippen LogP contribution in [0.5, 0.6) is 0 Å². The van der Waals surface area contributed by atoms with Crippen LogP contribution in [0.25, 0.3) is 5.52 Å². The number of carbonyl (C=O) groups excluding carboxylic acids is 2. The van der Waals surface area contributed by atoms with E-state index in [0.717, 1.165) is 11.2 Å². The van der Waals surface area contributed by atoms with Crippen LogP contribution in [0, 0.1) is 6.92 Å². The summed E-state index contributed by atoms with van der Waals surface area (Å²) in [4.78, 5) is 29.6. The van der Waals surface area contributed by atoms with Crippen LogP contribution in [0.2, 0.25) is 0 Å². The highest BCUT2D eigenvalue weighted by atomic mass is 16.2. The molecule has 0 aliphatic carbocycles. The summed E-state index contributed by atoms with van der Waals surface area (Å²) in [6, 6.07) is 3.63. The van der Waals surface area contributed by atoms with Crippen LogP contribution in [0.3, 0.4) is 0 Å². The third-order valence-corrected chi connectivity index (χ3v) is 3.35. The maximum Gasteiger partial charge on any atom is 0.256 e. The second kappa shape index (κ2) is 5.73. The van der Waals surface area contributed by atoms with E-state index in [0.29, 0.717) is 12.1 Å². The fourth-order valence-electron chi connectivity index (χ4n) is 2.10. The average Bonchev–Trinajstić information content (AvgIpc) is 2.93. The number of nitrogens with one attached hydrogen (secondary N) is 1. The zero-order chi connectivity index (χ0) is 14.7. The van der Waals surface area contributed by atoms with Gasteiger partial charge in [-0.05, 0) is 26.0 Å². The molecule has 2 amide bonds. The molecule has 2 aromatic rings. The first-order chi connectivity index (χ1) is 9.58. The lowest BCUT2D eigenvalue weighted by molar-refractivity contribution is -0.121. The molecule has 0 aliphatic rings. The van der Waals surface area contributed by atoms with Gasteiger partial charge in [0, 0.05) is 19.3 Å². The molecule has 20 heavy (non-hydrogen) atoms. The molecule has 2 rings (SSSR count). The number of likely N-dealkylation sites (N-methyl/N-ethyl adjacent to an activating group) is 2. The van der Waals surface area contributed by atoms with Crippen molar-refractivity contribution in [3.63, 3.8) is 0 Å². The minimum Gasteiger partial charge on any atom is -0.358 e. The van der Waals surface area contributed by atoms with Gasteiger partial charge in [-0.25, -0.2) is 4.98 Å². The topological polar surface area (TPSA) is 66.7 Å². The summed E-state index contributed by atoms with van der Waals surface area (Å²) < 4.78 is 1.86. The Balaban J connectivity index is 2.33. The summed E-state index contributed by atoms with van der Waals surface area (Å²) in [7, 11) is 1.56. The van der Waals surface area contributed by atoms with E-state index in [1.165, 1.54) is 4.90 Å². The van der Waals surface area contributed by atoms with Gasteiger partial charge in [-0.15, -0.1) is 0 Å². The lowest BCUT2D eigenvalue weighted by atomic mass is 10.1. The van der Waals surface area contributed by atoms with Crippen molar-refractivity contribution in [1.82, 2.24) is 19.6 Å². The molecule has 2 heterocycles. The Hall–Kier alpha value is -2.37. The smallest absolute Gasteiger partial charge is 0.256 e. The maximum atomic E-state index is 12.5. The molecule has 0 saturated carbocycles. The molecule has 0 aliphatic heterocycles. The van der Waals surface area contributed by atoms with E-state index in [1.54, 1.807) is 25.6 Å². The van der Waals surface area contributed by atoms with Crippen molar-refractivity contribution in [2.24, 2.45) is 0 Å². The monoisotopic (exact) mass is 274 g/mol. The molecule has 6 nitrogen and oxygen atoms in total. The minimum absolute atomic E-state index is 0.0627. The van der Waals surface area contributed by atoms with Gasteiger partial charge in [0.2, 0.25) is 5.91 Å². The Morgan fingerprint density at radius 3 is 2.80 bits per heavy atom. The quantitative estimate of drug-likeness (QED) is 0.899. The Morgan fingerprint density at radius 2 is 2.15 bits per heavy atom. The molecule has 0 unspecified atom stereocenters. The Morgan fingerprint density at radius 1 is 1.40 bits per heavy atom. The first kappa shape index (κ1) is 14.0. The number of aromatic nitrogens is 2. The van der Waals surface area contributed by atoms with Crippen LogP contribution in [-0.4, -0.2) is 46.2 Å². The zero-order valence-corrected chi connectivity index (χ0v) is 11.9. The number of carbonyl (C=O) groups is 2. The summed E-state index contributed by atoms with van der Waals surface area (Å²) in [5.41, 5.74) is 2.34. The van der Waals surface area contributed by atoms with E-state index < -0.39 is 0 Å². The Bertz CT molecular complexity index is 648. The van der Waals surface area contributed by atoms with Crippen LogP contribution in [0.15, 0.2) is 24.7 Å². The molecular formula is C14H18N4O2. The van der Waals surface area contributed by atoms with Crippen molar-refractivity contribution in [3.05, 3.63) is 35.9 Å². The largest absolute Gasteiger partial charge is 0.358 e. The van der Waals surface area contributed by atoms with Crippen molar-refractivity contribution < 1.29 is 9.59 Å². The molecule has 0 atom stereocenters. The Labute approximate surface area is 117 Å². The van der Waals surface area contributed by atoms with Crippen LogP contribution >= 0.6 is 0 Å². The van der Waals surface area contributed by atoms with Crippen molar-refractivity contribution >= 4 is 17.3 Å². The van der Waals surface area contributed by atoms with Gasteiger partial charge in [0.25, 0.3) is 5.91 Å². The molecule has 0 saturated heterocycles. The molecule has 1 N–H and O–H groups in total. The number of hydrogen-bond acceptors (Lipinski definition) is 3. The number of amides is 2. The highest BCUT2D eigenvalue weighted by molar-refractivity contribution is 5.97. The number of imidazole rings is 1. The van der Waals surface area contributed by atoms with Gasteiger partial charge in [0.15, 0.2) is 0 Å². The van der Waals surface area contributed by atoms with Crippen LogP contribution in [0.1, 0.15) is 23.0 Å². The van der Waals surface area contributed by atoms with Crippen LogP contribution in [0.4, 0.5) is 0 Å². The van der Waals surface area contributed by atoms with Gasteiger partial charge in [0.05, 0.1) is 30.1 Å². The molecule has 0 fully saturated rings. The lowest BCUT2D eigenvalue weighted by Crippen LogP contribution is -2.39. The van der Waals surface area contributed by atoms with E-state index in [1.807, 2.05) is 24.3 Å². The third kappa shape index (κ3) is 2.49. The average molecular weight is 274 g/mol. The van der Waals surface area contributed by atoms with Crippen LogP contribution < -0.4 is 5.32 Å². The fourth-order valence-corrected chi connectivity index (χ4v) is 2.10. The SMILES string of the molecule is CCN(CC(=O)NC)C(=O)c1ccc2cncn2c1C. The van der Waals surface area contributed by atoms with Crippen LogP contribution in [-0.2, 0) is 4.79 Å². The fraction of sp³-hybridized carbons (Fsp3) is 0.357. The van der Waals surface area contributed by atoms with E-state index >= 15 is 0 Å². The molecule has 2 aromatic heterocycles. The standard InChI is InChI=1S/C14H18N4O2/c1-4-17(8-13(19)15-3)14(20)12-6-5-11-7-16-9-18(11)10(12)2/h5-7,9H,4,8H2,1-3H3,(H,15,19). The van der Waals surface area contributed by atoms with Gasteiger partial charge in [-0.2, -0.15) is 0 Å². The second-order valence-corrected chi connectivity index (χ2v) is 4.51. The Kier molecular flexibility index (Phi) is 4.02. The van der Waals surface area contributed by atoms with E-state index in [-0.39, 0.29) is 18.4 Å². The molecule has 6 heteroatoms. The van der Waals surface area contributed by atoms with E-state index in [2.05, 4.69) is 10.3 Å². The minimum atomic E-state index is -0.179. The normalized spacial score (nSPS) is 10.6. The highest BCUT2D eigenvalue weighted by Gasteiger charge is 2.19. The van der Waals surface area contributed by atoms with Gasteiger partial charge < -0.3 is 14.6 Å². The van der Waals surface area contributed by atoms with E-state index in [9.17, 15) is 9.59 Å². The molecular weight excluding hydrogens is 256 g/mol. The van der Waals surface area contributed by atoms with Crippen molar-refractivity contribution in [1.29, 1.82) is 0 Å². The summed E-state index contributed by atoms with van der Waals surface area (Å²) in [5.74, 6) is -0.328. The van der Waals surface area contributed by atoms with Gasteiger partial charge >= 0.3 is 0 Å². The first-order valence-electron chi connectivity index (χ1n) is 6.50. The van der Waals surface area contributed by atoms with Crippen molar-refractivity contribution in [2.45, 2.75) is 13.8 Å². The van der Waals surface area contributed by atoms with E-state index in [4.69, 9.17) is 0 Å². The van der Waals surface area contributed by atoms with Crippen molar-refractivity contribution in [3.8, 4) is 0 Å². The number of pyridine rings is 1. The maximum absolute atomic E-state index is 12.5. The van der Waals surface area contributed by atoms with Gasteiger partial charge in [-0.1, -0.05) is 0 Å². The first-order valence-corrected chi connectivity index (χ1v) is 6.50. The number of rotatable bonds is 4. The summed E-state index contributed by atoms with van der Waals surface area (Å²) >= 11 is 0. The molecule has 0 radical (unpaired) electrons. The predicted molar refractivity (Wildman–Crippen MR) is 75.6 cm³/mol. The molecule has 106 valence electrons. The number of aryl methyl sites for hydroxylation is 1. The number of fused-ring (bicyclic) bond motifs is 1.